The van der Waals surface area contributed by atoms with Crippen molar-refractivity contribution >= 4 is 5.91 Å². The Morgan fingerprint density at radius 3 is 1.42 bits per heavy atom. The van der Waals surface area contributed by atoms with Crippen LogP contribution >= 0.6 is 0 Å². The molecule has 2 nitrogen and oxygen atoms in total. The van der Waals surface area contributed by atoms with Gasteiger partial charge < -0.3 is 5.32 Å². The van der Waals surface area contributed by atoms with Crippen molar-refractivity contribution in [3.05, 3.63) is 0 Å². The van der Waals surface area contributed by atoms with Crippen LogP contribution < -0.4 is 5.32 Å². The smallest absolute Gasteiger partial charge is 0.226 e. The highest BCUT2D eigenvalue weighted by Gasteiger charge is 2.36. The second kappa shape index (κ2) is 5.46. The zero-order valence-electron chi connectivity index (χ0n) is 14.8. The Bertz CT molecular complexity index is 313. The predicted octanol–water partition coefficient (Wildman–Crippen LogP) is 4.78. The zero-order valence-corrected chi connectivity index (χ0v) is 14.8. The molecule has 0 aromatic carbocycles. The predicted molar refractivity (Wildman–Crippen MR) is 84.1 cm³/mol. The van der Waals surface area contributed by atoms with Gasteiger partial charge in [0, 0.05) is 11.0 Å². The van der Waals surface area contributed by atoms with Gasteiger partial charge in [0.2, 0.25) is 5.91 Å². The molecule has 0 radical (unpaired) electrons. The van der Waals surface area contributed by atoms with Gasteiger partial charge in [-0.3, -0.25) is 4.79 Å². The van der Waals surface area contributed by atoms with E-state index in [9.17, 15) is 4.79 Å². The number of hydrogen-bond acceptors (Lipinski definition) is 1. The van der Waals surface area contributed by atoms with Crippen LogP contribution in [0.5, 0.6) is 0 Å². The summed E-state index contributed by atoms with van der Waals surface area (Å²) in [7, 11) is 0. The fourth-order valence-electron chi connectivity index (χ4n) is 3.25. The van der Waals surface area contributed by atoms with E-state index in [1.165, 1.54) is 0 Å². The highest BCUT2D eigenvalue weighted by Crippen LogP contribution is 2.34. The summed E-state index contributed by atoms with van der Waals surface area (Å²) >= 11 is 0. The van der Waals surface area contributed by atoms with Crippen LogP contribution in [0.25, 0.3) is 0 Å². The van der Waals surface area contributed by atoms with Crippen LogP contribution in [0, 0.1) is 16.2 Å². The standard InChI is InChI=1S/C17H35NO/c1-14(2,3)11-16(7,8)13(19)18-17(9,10)12-15(4,5)6/h11-12H2,1-10H3,(H,18,19). The maximum Gasteiger partial charge on any atom is 0.226 e. The Kier molecular flexibility index (Phi) is 5.30. The van der Waals surface area contributed by atoms with Gasteiger partial charge in [0.05, 0.1) is 0 Å². The zero-order chi connectivity index (χ0) is 15.7. The number of carbonyl (C=O) groups is 1. The molecule has 0 heterocycles. The Hall–Kier alpha value is -0.530. The summed E-state index contributed by atoms with van der Waals surface area (Å²) in [5.74, 6) is 0.164. The van der Waals surface area contributed by atoms with E-state index in [1.54, 1.807) is 0 Å². The average Bonchev–Trinajstić information content (AvgIpc) is 1.91. The van der Waals surface area contributed by atoms with Crippen molar-refractivity contribution < 1.29 is 4.79 Å². The van der Waals surface area contributed by atoms with Gasteiger partial charge in [0.15, 0.2) is 0 Å². The second-order valence-corrected chi connectivity index (χ2v) is 9.70. The van der Waals surface area contributed by atoms with Gasteiger partial charge in [0.1, 0.15) is 0 Å². The first-order valence-corrected chi connectivity index (χ1v) is 7.37. The summed E-state index contributed by atoms with van der Waals surface area (Å²) in [5, 5.41) is 3.24. The molecule has 0 rings (SSSR count). The van der Waals surface area contributed by atoms with E-state index < -0.39 is 0 Å². The van der Waals surface area contributed by atoms with Gasteiger partial charge in [0.25, 0.3) is 0 Å². The minimum Gasteiger partial charge on any atom is -0.351 e. The molecule has 0 aromatic heterocycles. The van der Waals surface area contributed by atoms with Crippen molar-refractivity contribution in [1.82, 2.24) is 5.32 Å². The lowest BCUT2D eigenvalue weighted by Gasteiger charge is -2.38. The molecule has 0 unspecified atom stereocenters. The molecule has 19 heavy (non-hydrogen) atoms. The van der Waals surface area contributed by atoms with Crippen molar-refractivity contribution in [3.63, 3.8) is 0 Å². The molecular formula is C17H35NO. The molecule has 0 atom stereocenters. The highest BCUT2D eigenvalue weighted by atomic mass is 16.2. The SMILES string of the molecule is CC(C)(C)CC(C)(C)NC(=O)C(C)(C)CC(C)(C)C. The molecule has 0 saturated carbocycles. The quantitative estimate of drug-likeness (QED) is 0.782. The molecule has 2 heteroatoms. The lowest BCUT2D eigenvalue weighted by atomic mass is 9.74. The number of rotatable bonds is 4. The summed E-state index contributed by atoms with van der Waals surface area (Å²) < 4.78 is 0. The second-order valence-electron chi connectivity index (χ2n) is 9.70. The average molecular weight is 269 g/mol. The Morgan fingerprint density at radius 2 is 1.11 bits per heavy atom. The molecule has 0 spiro atoms. The van der Waals surface area contributed by atoms with Gasteiger partial charge in [-0.2, -0.15) is 0 Å². The van der Waals surface area contributed by atoms with Crippen molar-refractivity contribution in [3.8, 4) is 0 Å². The molecule has 0 saturated heterocycles. The Labute approximate surface area is 120 Å². The molecule has 0 bridgehead atoms. The Morgan fingerprint density at radius 1 is 0.737 bits per heavy atom. The molecule has 0 fully saturated rings. The number of hydrogen-bond donors (Lipinski definition) is 1. The van der Waals surface area contributed by atoms with E-state index >= 15 is 0 Å². The highest BCUT2D eigenvalue weighted by molar-refractivity contribution is 5.82. The fourth-order valence-corrected chi connectivity index (χ4v) is 3.25. The third kappa shape index (κ3) is 8.28. The fraction of sp³-hybridized carbons (Fsp3) is 0.941. The molecule has 1 amide bonds. The van der Waals surface area contributed by atoms with Crippen LogP contribution in [0.2, 0.25) is 0 Å². The Balaban J connectivity index is 4.76. The summed E-state index contributed by atoms with van der Waals surface area (Å²) in [6, 6.07) is 0. The van der Waals surface area contributed by atoms with Gasteiger partial charge in [-0.05, 0) is 37.5 Å². The summed E-state index contributed by atoms with van der Waals surface area (Å²) in [4.78, 5) is 12.5. The number of nitrogens with one attached hydrogen (secondary N) is 1. The third-order valence-corrected chi connectivity index (χ3v) is 3.01. The van der Waals surface area contributed by atoms with E-state index in [2.05, 4.69) is 60.7 Å². The van der Waals surface area contributed by atoms with Crippen LogP contribution in [0.4, 0.5) is 0 Å². The molecule has 114 valence electrons. The third-order valence-electron chi connectivity index (χ3n) is 3.01. The molecular weight excluding hydrogens is 234 g/mol. The van der Waals surface area contributed by atoms with Crippen LogP contribution in [-0.2, 0) is 4.79 Å². The topological polar surface area (TPSA) is 29.1 Å². The van der Waals surface area contributed by atoms with Gasteiger partial charge >= 0.3 is 0 Å². The summed E-state index contributed by atoms with van der Waals surface area (Å²) in [6.45, 7) is 21.5. The van der Waals surface area contributed by atoms with Crippen molar-refractivity contribution in [2.24, 2.45) is 16.2 Å². The van der Waals surface area contributed by atoms with Crippen molar-refractivity contribution in [2.75, 3.05) is 0 Å². The number of carbonyl (C=O) groups excluding carboxylic acids is 1. The number of amides is 1. The summed E-state index contributed by atoms with van der Waals surface area (Å²) in [5.41, 5.74) is -0.113. The molecule has 0 aliphatic heterocycles. The minimum atomic E-state index is -0.326. The summed E-state index contributed by atoms with van der Waals surface area (Å²) in [6.07, 6.45) is 1.86. The van der Waals surface area contributed by atoms with Crippen LogP contribution in [0.3, 0.4) is 0 Å². The first kappa shape index (κ1) is 18.5. The molecule has 0 aliphatic rings. The van der Waals surface area contributed by atoms with Crippen LogP contribution in [0.15, 0.2) is 0 Å². The van der Waals surface area contributed by atoms with Gasteiger partial charge in [-0.15, -0.1) is 0 Å². The maximum atomic E-state index is 12.5. The van der Waals surface area contributed by atoms with Crippen molar-refractivity contribution in [2.45, 2.75) is 87.6 Å². The van der Waals surface area contributed by atoms with E-state index in [4.69, 9.17) is 0 Å². The largest absolute Gasteiger partial charge is 0.351 e. The lowest BCUT2D eigenvalue weighted by Crippen LogP contribution is -2.51. The van der Waals surface area contributed by atoms with Gasteiger partial charge in [-0.25, -0.2) is 0 Å². The van der Waals surface area contributed by atoms with Crippen LogP contribution in [-0.4, -0.2) is 11.4 Å². The lowest BCUT2D eigenvalue weighted by molar-refractivity contribution is -0.132. The monoisotopic (exact) mass is 269 g/mol. The van der Waals surface area contributed by atoms with E-state index in [0.717, 1.165) is 12.8 Å². The normalized spacial score (nSPS) is 14.4. The molecule has 1 N–H and O–H groups in total. The van der Waals surface area contributed by atoms with Crippen LogP contribution in [0.1, 0.15) is 82.1 Å². The maximum absolute atomic E-state index is 12.5. The minimum absolute atomic E-state index is 0.162. The van der Waals surface area contributed by atoms with Gasteiger partial charge in [-0.1, -0.05) is 55.4 Å². The first-order valence-electron chi connectivity index (χ1n) is 7.37. The first-order chi connectivity index (χ1) is 8.04. The molecule has 0 aromatic rings. The van der Waals surface area contributed by atoms with E-state index in [0.29, 0.717) is 0 Å². The van der Waals surface area contributed by atoms with E-state index in [-0.39, 0.29) is 27.7 Å². The van der Waals surface area contributed by atoms with Crippen molar-refractivity contribution in [1.29, 1.82) is 0 Å². The van der Waals surface area contributed by atoms with E-state index in [1.807, 2.05) is 13.8 Å². The molecule has 0 aliphatic carbocycles.